The van der Waals surface area contributed by atoms with Crippen LogP contribution in [0.5, 0.6) is 0 Å². The van der Waals surface area contributed by atoms with Crippen molar-refractivity contribution in [1.29, 1.82) is 0 Å². The summed E-state index contributed by atoms with van der Waals surface area (Å²) in [5.74, 6) is 0.498. The van der Waals surface area contributed by atoms with Gasteiger partial charge in [0.2, 0.25) is 0 Å². The van der Waals surface area contributed by atoms with Crippen molar-refractivity contribution in [3.05, 3.63) is 71.3 Å². The summed E-state index contributed by atoms with van der Waals surface area (Å²) in [6.45, 7) is 8.66. The largest absolute Gasteiger partial charge is 0.303 e. The Balaban J connectivity index is 1.97. The molecule has 24 heavy (non-hydrogen) atoms. The van der Waals surface area contributed by atoms with Crippen LogP contribution in [-0.4, -0.2) is 11.4 Å². The quantitative estimate of drug-likeness (QED) is 0.685. The van der Waals surface area contributed by atoms with Crippen LogP contribution in [0.2, 0.25) is 0 Å². The second kappa shape index (κ2) is 6.27. The van der Waals surface area contributed by atoms with Gasteiger partial charge in [0.25, 0.3) is 5.91 Å². The normalized spacial score (nSPS) is 19.3. The first-order chi connectivity index (χ1) is 11.4. The van der Waals surface area contributed by atoms with Crippen LogP contribution in [0.15, 0.2) is 54.6 Å². The third-order valence-electron chi connectivity index (χ3n) is 4.80. The summed E-state index contributed by atoms with van der Waals surface area (Å²) in [4.78, 5) is 14.9. The Morgan fingerprint density at radius 3 is 2.58 bits per heavy atom. The van der Waals surface area contributed by atoms with Crippen LogP contribution in [0.3, 0.4) is 0 Å². The maximum Gasteiger partial charge on any atom is 0.251 e. The molecule has 0 aromatic heterocycles. The number of carbonyl (C=O) groups excluding carboxylic acids is 1. The molecule has 3 rings (SSSR count). The van der Waals surface area contributed by atoms with Crippen molar-refractivity contribution in [2.75, 3.05) is 4.90 Å². The first kappa shape index (κ1) is 16.5. The van der Waals surface area contributed by atoms with Crippen molar-refractivity contribution < 1.29 is 4.79 Å². The average molecular weight is 319 g/mol. The van der Waals surface area contributed by atoms with Crippen molar-refractivity contribution in [2.24, 2.45) is 0 Å². The summed E-state index contributed by atoms with van der Waals surface area (Å²) >= 11 is 0. The predicted octanol–water partition coefficient (Wildman–Crippen LogP) is 5.33. The minimum absolute atomic E-state index is 0.0425. The molecular formula is C22H25NO. The van der Waals surface area contributed by atoms with E-state index < -0.39 is 0 Å². The maximum atomic E-state index is 13.0. The molecule has 0 saturated carbocycles. The van der Waals surface area contributed by atoms with Gasteiger partial charge >= 0.3 is 0 Å². The van der Waals surface area contributed by atoms with Gasteiger partial charge in [0.1, 0.15) is 0 Å². The molecule has 2 nitrogen and oxygen atoms in total. The highest BCUT2D eigenvalue weighted by atomic mass is 16.2. The van der Waals surface area contributed by atoms with Crippen molar-refractivity contribution in [3.8, 4) is 0 Å². The van der Waals surface area contributed by atoms with E-state index in [9.17, 15) is 4.79 Å². The molecule has 0 aliphatic carbocycles. The Labute approximate surface area is 144 Å². The van der Waals surface area contributed by atoms with E-state index in [2.05, 4.69) is 45.9 Å². The van der Waals surface area contributed by atoms with Gasteiger partial charge in [0.05, 0.1) is 0 Å². The highest BCUT2D eigenvalue weighted by Gasteiger charge is 2.39. The molecule has 0 unspecified atom stereocenters. The van der Waals surface area contributed by atoms with E-state index in [1.807, 2.05) is 41.3 Å². The maximum absolute atomic E-state index is 13.0. The molecule has 1 aliphatic rings. The number of carbonyl (C=O) groups is 1. The zero-order chi connectivity index (χ0) is 17.3. The minimum atomic E-state index is -0.195. The van der Waals surface area contributed by atoms with Gasteiger partial charge in [0.15, 0.2) is 0 Å². The molecule has 1 heterocycles. The first-order valence-electron chi connectivity index (χ1n) is 8.56. The van der Waals surface area contributed by atoms with Gasteiger partial charge in [-0.1, -0.05) is 55.0 Å². The van der Waals surface area contributed by atoms with Gasteiger partial charge in [-0.15, -0.1) is 0 Å². The summed E-state index contributed by atoms with van der Waals surface area (Å²) in [7, 11) is 0. The molecule has 0 saturated heterocycles. The summed E-state index contributed by atoms with van der Waals surface area (Å²) in [5, 5.41) is 0. The topological polar surface area (TPSA) is 20.3 Å². The van der Waals surface area contributed by atoms with Crippen LogP contribution >= 0.6 is 0 Å². The van der Waals surface area contributed by atoms with E-state index in [1.165, 1.54) is 11.1 Å². The molecule has 0 N–H and O–H groups in total. The molecule has 0 fully saturated rings. The van der Waals surface area contributed by atoms with Crippen LogP contribution in [0.1, 0.15) is 49.8 Å². The molecule has 0 spiro atoms. The van der Waals surface area contributed by atoms with Crippen LogP contribution in [-0.2, 0) is 4.79 Å². The molecule has 2 heteroatoms. The molecule has 0 radical (unpaired) electrons. The second-order valence-electron chi connectivity index (χ2n) is 7.40. The van der Waals surface area contributed by atoms with Gasteiger partial charge in [-0.3, -0.25) is 4.79 Å². The highest BCUT2D eigenvalue weighted by molar-refractivity contribution is 6.05. The first-order valence-corrected chi connectivity index (χ1v) is 8.56. The summed E-state index contributed by atoms with van der Waals surface area (Å²) < 4.78 is 0. The van der Waals surface area contributed by atoms with Crippen LogP contribution in [0.25, 0.3) is 6.08 Å². The fraction of sp³-hybridized carbons (Fsp3) is 0.318. The highest BCUT2D eigenvalue weighted by Crippen LogP contribution is 2.43. The van der Waals surface area contributed by atoms with E-state index in [0.717, 1.165) is 17.7 Å². The Morgan fingerprint density at radius 2 is 1.88 bits per heavy atom. The lowest BCUT2D eigenvalue weighted by Crippen LogP contribution is -2.51. The Kier molecular flexibility index (Phi) is 4.31. The van der Waals surface area contributed by atoms with Gasteiger partial charge in [-0.2, -0.15) is 0 Å². The Morgan fingerprint density at radius 1 is 1.17 bits per heavy atom. The van der Waals surface area contributed by atoms with E-state index in [-0.39, 0.29) is 11.4 Å². The third-order valence-corrected chi connectivity index (χ3v) is 4.80. The van der Waals surface area contributed by atoms with Gasteiger partial charge in [0, 0.05) is 17.3 Å². The monoisotopic (exact) mass is 319 g/mol. The molecule has 1 atom stereocenters. The van der Waals surface area contributed by atoms with Crippen LogP contribution in [0, 0.1) is 6.92 Å². The van der Waals surface area contributed by atoms with Crippen molar-refractivity contribution in [3.63, 3.8) is 0 Å². The average Bonchev–Trinajstić information content (AvgIpc) is 2.54. The van der Waals surface area contributed by atoms with Gasteiger partial charge in [-0.25, -0.2) is 0 Å². The van der Waals surface area contributed by atoms with Crippen molar-refractivity contribution in [1.82, 2.24) is 0 Å². The van der Waals surface area contributed by atoms with Crippen LogP contribution < -0.4 is 4.90 Å². The van der Waals surface area contributed by atoms with Crippen molar-refractivity contribution >= 4 is 17.7 Å². The smallest absolute Gasteiger partial charge is 0.251 e. The zero-order valence-electron chi connectivity index (χ0n) is 14.9. The molecule has 1 amide bonds. The Hall–Kier alpha value is -2.35. The van der Waals surface area contributed by atoms with E-state index in [4.69, 9.17) is 0 Å². The molecule has 2 aromatic rings. The third kappa shape index (κ3) is 3.14. The lowest BCUT2D eigenvalue weighted by atomic mass is 9.79. The predicted molar refractivity (Wildman–Crippen MR) is 101 cm³/mol. The molecule has 2 aromatic carbocycles. The molecule has 1 aliphatic heterocycles. The number of amides is 1. The second-order valence-corrected chi connectivity index (χ2v) is 7.40. The number of nitrogens with zero attached hydrogens (tertiary/aromatic N) is 1. The van der Waals surface area contributed by atoms with Crippen molar-refractivity contribution in [2.45, 2.75) is 45.6 Å². The molecular weight excluding hydrogens is 294 g/mol. The number of rotatable bonds is 2. The number of hydrogen-bond acceptors (Lipinski definition) is 1. The summed E-state index contributed by atoms with van der Waals surface area (Å²) in [6.07, 6.45) is 4.55. The zero-order valence-corrected chi connectivity index (χ0v) is 14.9. The fourth-order valence-corrected chi connectivity index (χ4v) is 3.77. The van der Waals surface area contributed by atoms with E-state index in [0.29, 0.717) is 5.92 Å². The lowest BCUT2D eigenvalue weighted by molar-refractivity contribution is -0.115. The van der Waals surface area contributed by atoms with E-state index in [1.54, 1.807) is 6.08 Å². The number of anilines is 1. The number of aryl methyl sites for hydroxylation is 1. The minimum Gasteiger partial charge on any atom is -0.303 e. The van der Waals surface area contributed by atoms with Gasteiger partial charge in [-0.05, 0) is 56.4 Å². The van der Waals surface area contributed by atoms with Crippen LogP contribution in [0.4, 0.5) is 5.69 Å². The Bertz CT molecular complexity index is 774. The summed E-state index contributed by atoms with van der Waals surface area (Å²) in [5.41, 5.74) is 4.41. The number of fused-ring (bicyclic) bond motifs is 1. The van der Waals surface area contributed by atoms with E-state index >= 15 is 0 Å². The standard InChI is InChI=1S/C22H25NO/c1-16-10-12-20-19(14-16)17(2)15-22(3,4)23(20)21(24)13-11-18-8-6-5-7-9-18/h5-14,17H,15H2,1-4H3/b13-11+/t17-/m0/s1. The molecule has 124 valence electrons. The number of hydrogen-bond donors (Lipinski definition) is 0. The SMILES string of the molecule is Cc1ccc2c(c1)[C@@H](C)CC(C)(C)N2C(=O)/C=C/c1ccccc1. The fourth-order valence-electron chi connectivity index (χ4n) is 3.77. The lowest BCUT2D eigenvalue weighted by Gasteiger charge is -2.45. The van der Waals surface area contributed by atoms with Gasteiger partial charge < -0.3 is 4.90 Å². The molecule has 0 bridgehead atoms. The summed E-state index contributed by atoms with van der Waals surface area (Å²) in [6, 6.07) is 16.4. The number of benzene rings is 2.